The molecule has 1 aliphatic rings. The Morgan fingerprint density at radius 1 is 1.21 bits per heavy atom. The zero-order chi connectivity index (χ0) is 27.1. The molecule has 2 atom stereocenters. The van der Waals surface area contributed by atoms with Gasteiger partial charge in [0.25, 0.3) is 5.91 Å². The molecule has 1 fully saturated rings. The van der Waals surface area contributed by atoms with Gasteiger partial charge in [-0.15, -0.1) is 11.3 Å². The predicted molar refractivity (Wildman–Crippen MR) is 151 cm³/mol. The Morgan fingerprint density at radius 3 is 2.90 bits per heavy atom. The van der Waals surface area contributed by atoms with Crippen LogP contribution in [0, 0.1) is 12.7 Å². The molecule has 0 saturated heterocycles. The standard InChI is InChI=1S/C30H29FN4O3S/c1-17-32-26-12-9-18(14-28(26)39-17)29-22-13-19(10-11-25(22)33-34-29)30(37)35(20-5-3-6-21(36)15-20)16-23-24(31)7-4-8-27(23)38-2/h4,7-14,20-21,36H,3,5-6,15-16H2,1-2H3,(H,33,34)/t20-,21+/m1/s1. The fourth-order valence-electron chi connectivity index (χ4n) is 5.56. The lowest BCUT2D eigenvalue weighted by molar-refractivity contribution is 0.0417. The number of amides is 1. The van der Waals surface area contributed by atoms with Gasteiger partial charge in [0.2, 0.25) is 0 Å². The van der Waals surface area contributed by atoms with Crippen LogP contribution in [0.2, 0.25) is 0 Å². The van der Waals surface area contributed by atoms with Crippen molar-refractivity contribution in [3.05, 3.63) is 76.5 Å². The second-order valence-corrected chi connectivity index (χ2v) is 11.3. The molecule has 0 spiro atoms. The molecule has 3 aromatic carbocycles. The van der Waals surface area contributed by atoms with Crippen molar-refractivity contribution >= 4 is 38.4 Å². The topological polar surface area (TPSA) is 91.3 Å². The number of methoxy groups -OCH3 is 1. The summed E-state index contributed by atoms with van der Waals surface area (Å²) in [6.45, 7) is 2.03. The van der Waals surface area contributed by atoms with Gasteiger partial charge in [-0.3, -0.25) is 9.89 Å². The van der Waals surface area contributed by atoms with Gasteiger partial charge < -0.3 is 14.7 Å². The van der Waals surface area contributed by atoms with Crippen LogP contribution in [-0.4, -0.2) is 50.4 Å². The zero-order valence-electron chi connectivity index (χ0n) is 21.8. The summed E-state index contributed by atoms with van der Waals surface area (Å²) in [5.41, 5.74) is 4.26. The van der Waals surface area contributed by atoms with Crippen LogP contribution in [0.15, 0.2) is 54.6 Å². The monoisotopic (exact) mass is 544 g/mol. The number of aliphatic hydroxyl groups excluding tert-OH is 1. The van der Waals surface area contributed by atoms with E-state index in [1.807, 2.05) is 31.2 Å². The van der Waals surface area contributed by atoms with Crippen molar-refractivity contribution in [2.24, 2.45) is 0 Å². The molecule has 1 amide bonds. The number of carbonyl (C=O) groups is 1. The van der Waals surface area contributed by atoms with Gasteiger partial charge in [-0.2, -0.15) is 5.10 Å². The van der Waals surface area contributed by atoms with Gasteiger partial charge in [0.05, 0.1) is 46.2 Å². The molecule has 1 aliphatic carbocycles. The second kappa shape index (κ2) is 10.4. The first-order valence-corrected chi connectivity index (χ1v) is 13.9. The lowest BCUT2D eigenvalue weighted by Gasteiger charge is -2.36. The molecule has 0 bridgehead atoms. The average molecular weight is 545 g/mol. The molecule has 7 nitrogen and oxygen atoms in total. The Morgan fingerprint density at radius 2 is 2.08 bits per heavy atom. The minimum Gasteiger partial charge on any atom is -0.496 e. The smallest absolute Gasteiger partial charge is 0.254 e. The first-order chi connectivity index (χ1) is 18.9. The molecule has 2 heterocycles. The lowest BCUT2D eigenvalue weighted by atomic mass is 9.91. The van der Waals surface area contributed by atoms with Crippen molar-refractivity contribution in [2.45, 2.75) is 51.3 Å². The minimum atomic E-state index is -0.491. The molecule has 0 aliphatic heterocycles. The Labute approximate surface area is 229 Å². The number of benzene rings is 3. The number of nitrogens with zero attached hydrogens (tertiary/aromatic N) is 3. The molecule has 200 valence electrons. The van der Waals surface area contributed by atoms with E-state index < -0.39 is 11.9 Å². The summed E-state index contributed by atoms with van der Waals surface area (Å²) < 4.78 is 21.4. The molecule has 2 aromatic heterocycles. The van der Waals surface area contributed by atoms with Crippen molar-refractivity contribution in [3.63, 3.8) is 0 Å². The highest BCUT2D eigenvalue weighted by atomic mass is 32.1. The third-order valence-corrected chi connectivity index (χ3v) is 8.46. The summed E-state index contributed by atoms with van der Waals surface area (Å²) in [5.74, 6) is -0.253. The van der Waals surface area contributed by atoms with Crippen LogP contribution in [0.3, 0.4) is 0 Å². The van der Waals surface area contributed by atoms with Crippen LogP contribution in [0.4, 0.5) is 4.39 Å². The first kappa shape index (κ1) is 25.5. The van der Waals surface area contributed by atoms with E-state index in [4.69, 9.17) is 4.74 Å². The van der Waals surface area contributed by atoms with E-state index in [2.05, 4.69) is 21.2 Å². The molecule has 0 radical (unpaired) electrons. The number of hydrogen-bond acceptors (Lipinski definition) is 6. The van der Waals surface area contributed by atoms with Crippen molar-refractivity contribution in [1.82, 2.24) is 20.1 Å². The number of hydrogen-bond donors (Lipinski definition) is 2. The van der Waals surface area contributed by atoms with E-state index in [9.17, 15) is 14.3 Å². The Kier molecular flexibility index (Phi) is 6.78. The highest BCUT2D eigenvalue weighted by molar-refractivity contribution is 7.18. The maximum absolute atomic E-state index is 14.9. The van der Waals surface area contributed by atoms with E-state index in [-0.39, 0.29) is 18.5 Å². The molecule has 9 heteroatoms. The number of aliphatic hydroxyl groups is 1. The quantitative estimate of drug-likeness (QED) is 0.264. The second-order valence-electron chi connectivity index (χ2n) is 10.1. The predicted octanol–water partition coefficient (Wildman–Crippen LogP) is 6.24. The van der Waals surface area contributed by atoms with Crippen LogP contribution >= 0.6 is 11.3 Å². The highest BCUT2D eigenvalue weighted by Crippen LogP contribution is 2.33. The highest BCUT2D eigenvalue weighted by Gasteiger charge is 2.31. The number of nitrogens with one attached hydrogen (secondary N) is 1. The van der Waals surface area contributed by atoms with Gasteiger partial charge in [0.15, 0.2) is 0 Å². The normalized spacial score (nSPS) is 17.5. The van der Waals surface area contributed by atoms with Gasteiger partial charge in [0, 0.05) is 28.1 Å². The molecule has 6 rings (SSSR count). The Balaban J connectivity index is 1.39. The van der Waals surface area contributed by atoms with Gasteiger partial charge >= 0.3 is 0 Å². The Bertz CT molecular complexity index is 1680. The Hall–Kier alpha value is -3.82. The van der Waals surface area contributed by atoms with Crippen molar-refractivity contribution in [3.8, 4) is 17.0 Å². The fraction of sp³-hybridized carbons (Fsp3) is 0.300. The zero-order valence-corrected chi connectivity index (χ0v) is 22.6. The number of aromatic amines is 1. The summed E-state index contributed by atoms with van der Waals surface area (Å²) in [6, 6.07) is 16.0. The van der Waals surface area contributed by atoms with Crippen LogP contribution < -0.4 is 4.74 Å². The minimum absolute atomic E-state index is 0.0454. The van der Waals surface area contributed by atoms with Crippen LogP contribution in [0.5, 0.6) is 5.75 Å². The summed E-state index contributed by atoms with van der Waals surface area (Å²) in [4.78, 5) is 20.3. The first-order valence-electron chi connectivity index (χ1n) is 13.1. The van der Waals surface area contributed by atoms with Gasteiger partial charge in [0.1, 0.15) is 11.6 Å². The largest absolute Gasteiger partial charge is 0.496 e. The molecule has 1 saturated carbocycles. The van der Waals surface area contributed by atoms with E-state index >= 15 is 0 Å². The maximum Gasteiger partial charge on any atom is 0.254 e. The third-order valence-electron chi connectivity index (χ3n) is 7.52. The lowest BCUT2D eigenvalue weighted by Crippen LogP contribution is -2.43. The van der Waals surface area contributed by atoms with Crippen molar-refractivity contribution < 1.29 is 19.0 Å². The van der Waals surface area contributed by atoms with E-state index in [1.54, 1.807) is 34.4 Å². The third kappa shape index (κ3) is 4.88. The molecular formula is C30H29FN4O3S. The van der Waals surface area contributed by atoms with Crippen LogP contribution in [0.25, 0.3) is 32.4 Å². The van der Waals surface area contributed by atoms with Crippen LogP contribution in [-0.2, 0) is 6.54 Å². The maximum atomic E-state index is 14.9. The number of thiazole rings is 1. The van der Waals surface area contributed by atoms with E-state index in [1.165, 1.54) is 13.2 Å². The number of H-pyrrole nitrogens is 1. The molecule has 2 N–H and O–H groups in total. The number of aryl methyl sites for hydroxylation is 1. The SMILES string of the molecule is COc1cccc(F)c1CN(C(=O)c1ccc2[nH]nc(-c3ccc4nc(C)sc4c3)c2c1)[C@@H]1CCC[C@H](O)C1. The van der Waals surface area contributed by atoms with Gasteiger partial charge in [-0.1, -0.05) is 12.1 Å². The molecule has 0 unspecified atom stereocenters. The van der Waals surface area contributed by atoms with Gasteiger partial charge in [-0.25, -0.2) is 9.37 Å². The molecular weight excluding hydrogens is 515 g/mol. The van der Waals surface area contributed by atoms with E-state index in [0.29, 0.717) is 29.7 Å². The number of ether oxygens (including phenoxy) is 1. The molecule has 5 aromatic rings. The average Bonchev–Trinajstić information content (AvgIpc) is 3.53. The number of rotatable bonds is 6. The number of aromatic nitrogens is 3. The number of fused-ring (bicyclic) bond motifs is 2. The summed E-state index contributed by atoms with van der Waals surface area (Å²) in [6.07, 6.45) is 2.21. The number of halogens is 1. The van der Waals surface area contributed by atoms with E-state index in [0.717, 1.165) is 50.2 Å². The summed E-state index contributed by atoms with van der Waals surface area (Å²) >= 11 is 1.63. The summed E-state index contributed by atoms with van der Waals surface area (Å²) in [7, 11) is 1.49. The number of carbonyl (C=O) groups excluding carboxylic acids is 1. The van der Waals surface area contributed by atoms with Gasteiger partial charge in [-0.05, 0) is 75.1 Å². The molecule has 39 heavy (non-hydrogen) atoms. The van der Waals surface area contributed by atoms with Crippen LogP contribution in [0.1, 0.15) is 46.6 Å². The fourth-order valence-corrected chi connectivity index (χ4v) is 6.43. The van der Waals surface area contributed by atoms with Crippen molar-refractivity contribution in [1.29, 1.82) is 0 Å². The summed E-state index contributed by atoms with van der Waals surface area (Å²) in [5, 5.41) is 19.9. The van der Waals surface area contributed by atoms with Crippen molar-refractivity contribution in [2.75, 3.05) is 7.11 Å².